The number of carboxylic acid groups (broad SMARTS) is 1. The van der Waals surface area contributed by atoms with Crippen molar-refractivity contribution in [2.75, 3.05) is 6.54 Å². The molecule has 1 rings (SSSR count). The van der Waals surface area contributed by atoms with E-state index < -0.39 is 5.97 Å². The third kappa shape index (κ3) is 4.17. The molecule has 0 bridgehead atoms. The Morgan fingerprint density at radius 3 is 2.60 bits per heavy atom. The largest absolute Gasteiger partial charge is 0.481 e. The number of amides is 1. The van der Waals surface area contributed by atoms with Crippen molar-refractivity contribution in [3.05, 3.63) is 24.3 Å². The van der Waals surface area contributed by atoms with Crippen LogP contribution in [0.4, 0.5) is 0 Å². The molecule has 0 aliphatic heterocycles. The first kappa shape index (κ1) is 11.1. The van der Waals surface area contributed by atoms with Crippen LogP contribution < -0.4 is 5.32 Å². The van der Waals surface area contributed by atoms with E-state index in [0.29, 0.717) is 18.5 Å². The Balaban J connectivity index is 2.28. The first-order valence-corrected chi connectivity index (χ1v) is 4.45. The van der Waals surface area contributed by atoms with Gasteiger partial charge in [0.2, 0.25) is 0 Å². The maximum Gasteiger partial charge on any atom is 0.303 e. The monoisotopic (exact) mass is 209 g/mol. The van der Waals surface area contributed by atoms with Crippen molar-refractivity contribution in [3.63, 3.8) is 0 Å². The van der Waals surface area contributed by atoms with Crippen molar-refractivity contribution < 1.29 is 14.7 Å². The highest BCUT2D eigenvalue weighted by molar-refractivity contribution is 5.93. The van der Waals surface area contributed by atoms with Crippen LogP contribution in [-0.2, 0) is 4.79 Å². The molecule has 0 fully saturated rings. The average molecular weight is 209 g/mol. The molecule has 0 atom stereocenters. The van der Waals surface area contributed by atoms with Gasteiger partial charge < -0.3 is 10.4 Å². The number of hydrogen-bond acceptors (Lipinski definition) is 4. The van der Waals surface area contributed by atoms with Crippen LogP contribution in [0.5, 0.6) is 0 Å². The normalized spacial score (nSPS) is 9.60. The summed E-state index contributed by atoms with van der Waals surface area (Å²) in [4.78, 5) is 28.9. The Bertz CT molecular complexity index is 340. The van der Waals surface area contributed by atoms with Crippen molar-refractivity contribution in [1.82, 2.24) is 15.3 Å². The highest BCUT2D eigenvalue weighted by Gasteiger charge is 2.04. The standard InChI is InChI=1S/C9H11N3O3/c13-8(14)2-1-3-12-9(15)7-4-10-6-11-5-7/h4-6H,1-3H2,(H,12,15)(H,13,14). The minimum atomic E-state index is -0.868. The van der Waals surface area contributed by atoms with E-state index in [1.165, 1.54) is 18.7 Å². The van der Waals surface area contributed by atoms with Crippen molar-refractivity contribution in [2.45, 2.75) is 12.8 Å². The molecule has 6 nitrogen and oxygen atoms in total. The number of aliphatic carboxylic acids is 1. The summed E-state index contributed by atoms with van der Waals surface area (Å²) in [6.07, 6.45) is 4.60. The topological polar surface area (TPSA) is 92.2 Å². The Morgan fingerprint density at radius 1 is 1.33 bits per heavy atom. The minimum absolute atomic E-state index is 0.0472. The van der Waals surface area contributed by atoms with Gasteiger partial charge in [-0.3, -0.25) is 9.59 Å². The lowest BCUT2D eigenvalue weighted by molar-refractivity contribution is -0.137. The summed E-state index contributed by atoms with van der Waals surface area (Å²) in [6, 6.07) is 0. The number of aromatic nitrogens is 2. The number of hydrogen-bond donors (Lipinski definition) is 2. The summed E-state index contributed by atoms with van der Waals surface area (Å²) in [6.45, 7) is 0.333. The zero-order chi connectivity index (χ0) is 11.1. The van der Waals surface area contributed by atoms with Gasteiger partial charge in [0.05, 0.1) is 5.56 Å². The van der Waals surface area contributed by atoms with Crippen molar-refractivity contribution in [3.8, 4) is 0 Å². The third-order valence-electron chi connectivity index (χ3n) is 1.68. The molecule has 6 heteroatoms. The molecule has 1 aromatic heterocycles. The Hall–Kier alpha value is -1.98. The Morgan fingerprint density at radius 2 is 2.00 bits per heavy atom. The van der Waals surface area contributed by atoms with Gasteiger partial charge in [0.25, 0.3) is 5.91 Å². The van der Waals surface area contributed by atoms with Gasteiger partial charge in [0.1, 0.15) is 6.33 Å². The molecule has 0 saturated carbocycles. The summed E-state index contributed by atoms with van der Waals surface area (Å²) in [5, 5.41) is 10.9. The number of nitrogens with one attached hydrogen (secondary N) is 1. The van der Waals surface area contributed by atoms with Crippen molar-refractivity contribution >= 4 is 11.9 Å². The molecule has 1 aromatic rings. The van der Waals surface area contributed by atoms with E-state index in [-0.39, 0.29) is 12.3 Å². The van der Waals surface area contributed by atoms with Crippen molar-refractivity contribution in [2.24, 2.45) is 0 Å². The van der Waals surface area contributed by atoms with Gasteiger partial charge in [-0.1, -0.05) is 0 Å². The van der Waals surface area contributed by atoms with Crippen LogP contribution in [0.1, 0.15) is 23.2 Å². The maximum atomic E-state index is 11.4. The molecule has 0 aliphatic rings. The smallest absolute Gasteiger partial charge is 0.303 e. The predicted octanol–water partition coefficient (Wildman–Crippen LogP) is 0.0712. The number of carboxylic acids is 1. The van der Waals surface area contributed by atoms with Gasteiger partial charge >= 0.3 is 5.97 Å². The molecule has 1 heterocycles. The molecular weight excluding hydrogens is 198 g/mol. The lowest BCUT2D eigenvalue weighted by atomic mass is 10.3. The van der Waals surface area contributed by atoms with E-state index in [1.54, 1.807) is 0 Å². The number of nitrogens with zero attached hydrogens (tertiary/aromatic N) is 2. The summed E-state index contributed by atoms with van der Waals surface area (Å²) < 4.78 is 0. The predicted molar refractivity (Wildman–Crippen MR) is 51.2 cm³/mol. The van der Waals surface area contributed by atoms with Gasteiger partial charge in [-0.2, -0.15) is 0 Å². The molecule has 80 valence electrons. The van der Waals surface area contributed by atoms with Gasteiger partial charge in [-0.05, 0) is 6.42 Å². The molecule has 0 saturated heterocycles. The van der Waals surface area contributed by atoms with Crippen LogP contribution in [0.3, 0.4) is 0 Å². The second-order valence-electron chi connectivity index (χ2n) is 2.88. The summed E-state index contributed by atoms with van der Waals surface area (Å²) >= 11 is 0. The van der Waals surface area contributed by atoms with Crippen LogP contribution in [0.25, 0.3) is 0 Å². The molecule has 2 N–H and O–H groups in total. The fraction of sp³-hybridized carbons (Fsp3) is 0.333. The minimum Gasteiger partial charge on any atom is -0.481 e. The van der Waals surface area contributed by atoms with Crippen LogP contribution in [0.2, 0.25) is 0 Å². The highest BCUT2D eigenvalue weighted by atomic mass is 16.4. The zero-order valence-corrected chi connectivity index (χ0v) is 8.01. The van der Waals surface area contributed by atoms with Crippen LogP contribution in [0.15, 0.2) is 18.7 Å². The molecule has 0 radical (unpaired) electrons. The lowest BCUT2D eigenvalue weighted by Gasteiger charge is -2.02. The average Bonchev–Trinajstić information content (AvgIpc) is 2.25. The quantitative estimate of drug-likeness (QED) is 0.669. The Kier molecular flexibility index (Phi) is 4.21. The maximum absolute atomic E-state index is 11.4. The summed E-state index contributed by atoms with van der Waals surface area (Å²) in [7, 11) is 0. The van der Waals surface area contributed by atoms with E-state index in [4.69, 9.17) is 5.11 Å². The van der Waals surface area contributed by atoms with E-state index >= 15 is 0 Å². The zero-order valence-electron chi connectivity index (χ0n) is 8.01. The SMILES string of the molecule is O=C(O)CCCNC(=O)c1cncnc1. The van der Waals surface area contributed by atoms with E-state index in [2.05, 4.69) is 15.3 Å². The lowest BCUT2D eigenvalue weighted by Crippen LogP contribution is -2.25. The van der Waals surface area contributed by atoms with E-state index in [1.807, 2.05) is 0 Å². The highest BCUT2D eigenvalue weighted by Crippen LogP contribution is 1.93. The van der Waals surface area contributed by atoms with Gasteiger partial charge in [-0.15, -0.1) is 0 Å². The third-order valence-corrected chi connectivity index (χ3v) is 1.68. The first-order valence-electron chi connectivity index (χ1n) is 4.45. The van der Waals surface area contributed by atoms with Gasteiger partial charge in [-0.25, -0.2) is 9.97 Å². The molecule has 0 aromatic carbocycles. The van der Waals surface area contributed by atoms with Crippen LogP contribution in [0, 0.1) is 0 Å². The number of rotatable bonds is 5. The summed E-state index contributed by atoms with van der Waals surface area (Å²) in [5.41, 5.74) is 0.368. The van der Waals surface area contributed by atoms with Crippen LogP contribution >= 0.6 is 0 Å². The van der Waals surface area contributed by atoms with Crippen LogP contribution in [-0.4, -0.2) is 33.5 Å². The first-order chi connectivity index (χ1) is 7.20. The summed E-state index contributed by atoms with van der Waals surface area (Å²) in [5.74, 6) is -1.16. The van der Waals surface area contributed by atoms with Gasteiger partial charge in [0, 0.05) is 25.4 Å². The number of carbonyl (C=O) groups excluding carboxylic acids is 1. The van der Waals surface area contributed by atoms with E-state index in [0.717, 1.165) is 0 Å². The molecule has 1 amide bonds. The molecule has 0 aliphatic carbocycles. The molecular formula is C9H11N3O3. The second kappa shape index (κ2) is 5.69. The fourth-order valence-electron chi connectivity index (χ4n) is 0.960. The van der Waals surface area contributed by atoms with E-state index in [9.17, 15) is 9.59 Å². The Labute approximate surface area is 86.4 Å². The fourth-order valence-corrected chi connectivity index (χ4v) is 0.960. The molecule has 0 unspecified atom stereocenters. The molecule has 15 heavy (non-hydrogen) atoms. The number of carbonyl (C=O) groups is 2. The van der Waals surface area contributed by atoms with Crippen molar-refractivity contribution in [1.29, 1.82) is 0 Å². The molecule has 0 spiro atoms. The second-order valence-corrected chi connectivity index (χ2v) is 2.88. The van der Waals surface area contributed by atoms with Gasteiger partial charge in [0.15, 0.2) is 0 Å².